The van der Waals surface area contributed by atoms with Crippen molar-refractivity contribution in [1.82, 2.24) is 9.80 Å². The van der Waals surface area contributed by atoms with Crippen LogP contribution in [0.1, 0.15) is 37.0 Å². The van der Waals surface area contributed by atoms with Gasteiger partial charge in [-0.15, -0.1) is 0 Å². The molecule has 146 valence electrons. The van der Waals surface area contributed by atoms with E-state index in [0.717, 1.165) is 29.5 Å². The van der Waals surface area contributed by atoms with Gasteiger partial charge in [-0.2, -0.15) is 0 Å². The Bertz CT molecular complexity index is 709. The lowest BCUT2D eigenvalue weighted by Crippen LogP contribution is -2.46. The fourth-order valence-electron chi connectivity index (χ4n) is 2.79. The minimum absolute atomic E-state index is 0.00269. The summed E-state index contributed by atoms with van der Waals surface area (Å²) in [7, 11) is 0. The molecule has 0 radical (unpaired) electrons. The average Bonchev–Trinajstić information content (AvgIpc) is 3.00. The molecule has 1 heterocycles. The number of carbonyl (C=O) groups is 4. The number of amides is 3. The monoisotopic (exact) mass is 392 g/mol. The van der Waals surface area contributed by atoms with Gasteiger partial charge in [0.1, 0.15) is 0 Å². The standard InChI is InChI=1S/C19H24N2O5S/c1-3-4-10-20-11-15(17(23)24)21(19(20)26)16(22)13(2)12-27-18(25)14-8-6-5-7-9-14/h5-9,13,15H,3-4,10-12H2,1-2H3,(H,23,24)/t13-,15+/m1/s1. The van der Waals surface area contributed by atoms with Gasteiger partial charge in [0.25, 0.3) is 0 Å². The van der Waals surface area contributed by atoms with Gasteiger partial charge in [-0.1, -0.05) is 62.4 Å². The first-order valence-electron chi connectivity index (χ1n) is 8.93. The number of carboxylic acids is 1. The SMILES string of the molecule is CCCCN1C[C@@H](C(=O)O)N(C(=O)[C@H](C)CSC(=O)c2ccccc2)C1=O. The second kappa shape index (κ2) is 9.55. The number of imide groups is 1. The maximum Gasteiger partial charge on any atom is 0.328 e. The van der Waals surface area contributed by atoms with Crippen molar-refractivity contribution in [2.24, 2.45) is 5.92 Å². The number of thioether (sulfide) groups is 1. The van der Waals surface area contributed by atoms with E-state index in [1.54, 1.807) is 31.2 Å². The predicted molar refractivity (Wildman–Crippen MR) is 103 cm³/mol. The van der Waals surface area contributed by atoms with Crippen LogP contribution in [-0.4, -0.2) is 62.8 Å². The number of hydrogen-bond donors (Lipinski definition) is 1. The smallest absolute Gasteiger partial charge is 0.328 e. The molecule has 2 rings (SSSR count). The Morgan fingerprint density at radius 2 is 1.93 bits per heavy atom. The quantitative estimate of drug-likeness (QED) is 0.731. The van der Waals surface area contributed by atoms with E-state index in [0.29, 0.717) is 12.1 Å². The molecule has 2 atom stereocenters. The molecule has 0 saturated carbocycles. The predicted octanol–water partition coefficient (Wildman–Crippen LogP) is 2.71. The van der Waals surface area contributed by atoms with Gasteiger partial charge >= 0.3 is 12.0 Å². The third-order valence-corrected chi connectivity index (χ3v) is 5.55. The molecule has 0 aromatic heterocycles. The zero-order chi connectivity index (χ0) is 20.0. The van der Waals surface area contributed by atoms with Crippen molar-refractivity contribution in [1.29, 1.82) is 0 Å². The summed E-state index contributed by atoms with van der Waals surface area (Å²) in [5, 5.41) is 9.25. The molecule has 27 heavy (non-hydrogen) atoms. The molecule has 1 saturated heterocycles. The van der Waals surface area contributed by atoms with E-state index in [4.69, 9.17) is 0 Å². The molecular weight excluding hydrogens is 368 g/mol. The first-order chi connectivity index (χ1) is 12.9. The molecule has 1 aliphatic heterocycles. The molecule has 1 aliphatic rings. The number of carbonyl (C=O) groups excluding carboxylic acids is 3. The third kappa shape index (κ3) is 5.09. The number of carboxylic acid groups (broad SMARTS) is 1. The topological polar surface area (TPSA) is 95.0 Å². The number of rotatable bonds is 8. The summed E-state index contributed by atoms with van der Waals surface area (Å²) in [5.41, 5.74) is 0.536. The van der Waals surface area contributed by atoms with E-state index in [2.05, 4.69) is 0 Å². The molecular formula is C19H24N2O5S. The summed E-state index contributed by atoms with van der Waals surface area (Å²) in [5.74, 6) is -2.23. The van der Waals surface area contributed by atoms with Crippen LogP contribution in [0.5, 0.6) is 0 Å². The van der Waals surface area contributed by atoms with E-state index in [9.17, 15) is 24.3 Å². The van der Waals surface area contributed by atoms with E-state index in [1.165, 1.54) is 4.90 Å². The molecule has 0 bridgehead atoms. The van der Waals surface area contributed by atoms with Gasteiger partial charge in [-0.3, -0.25) is 9.59 Å². The van der Waals surface area contributed by atoms with Gasteiger partial charge in [-0.25, -0.2) is 14.5 Å². The van der Waals surface area contributed by atoms with E-state index in [1.807, 2.05) is 13.0 Å². The van der Waals surface area contributed by atoms with Crippen LogP contribution in [0.15, 0.2) is 30.3 Å². The highest BCUT2D eigenvalue weighted by molar-refractivity contribution is 8.14. The van der Waals surface area contributed by atoms with Gasteiger partial charge in [-0.05, 0) is 6.42 Å². The fraction of sp³-hybridized carbons (Fsp3) is 0.474. The molecule has 7 nitrogen and oxygen atoms in total. The molecule has 1 aromatic carbocycles. The number of nitrogens with zero attached hydrogens (tertiary/aromatic N) is 2. The summed E-state index contributed by atoms with van der Waals surface area (Å²) < 4.78 is 0. The maximum absolute atomic E-state index is 12.7. The third-order valence-electron chi connectivity index (χ3n) is 4.38. The first-order valence-corrected chi connectivity index (χ1v) is 9.92. The summed E-state index contributed by atoms with van der Waals surface area (Å²) in [6, 6.07) is 6.96. The molecule has 1 fully saturated rings. The number of hydrogen-bond acceptors (Lipinski definition) is 5. The lowest BCUT2D eigenvalue weighted by Gasteiger charge is -2.22. The number of benzene rings is 1. The van der Waals surface area contributed by atoms with E-state index < -0.39 is 29.9 Å². The Morgan fingerprint density at radius 1 is 1.26 bits per heavy atom. The molecule has 8 heteroatoms. The second-order valence-corrected chi connectivity index (χ2v) is 7.50. The average molecular weight is 392 g/mol. The summed E-state index contributed by atoms with van der Waals surface area (Å²) in [6.07, 6.45) is 1.61. The van der Waals surface area contributed by atoms with Crippen molar-refractivity contribution in [3.05, 3.63) is 35.9 Å². The van der Waals surface area contributed by atoms with Crippen LogP contribution >= 0.6 is 11.8 Å². The molecule has 0 spiro atoms. The maximum atomic E-state index is 12.7. The Morgan fingerprint density at radius 3 is 2.52 bits per heavy atom. The molecule has 1 aromatic rings. The van der Waals surface area contributed by atoms with Gasteiger partial charge in [0, 0.05) is 23.8 Å². The Hall–Kier alpha value is -2.35. The minimum atomic E-state index is -1.20. The number of unbranched alkanes of at least 4 members (excludes halogenated alkanes) is 1. The van der Waals surface area contributed by atoms with Crippen molar-refractivity contribution >= 4 is 34.8 Å². The second-order valence-electron chi connectivity index (χ2n) is 6.51. The first kappa shape index (κ1) is 21.0. The van der Waals surface area contributed by atoms with Crippen molar-refractivity contribution in [3.8, 4) is 0 Å². The lowest BCUT2D eigenvalue weighted by atomic mass is 10.1. The summed E-state index contributed by atoms with van der Waals surface area (Å²) in [6.45, 7) is 4.01. The highest BCUT2D eigenvalue weighted by atomic mass is 32.2. The van der Waals surface area contributed by atoms with Crippen molar-refractivity contribution in [2.75, 3.05) is 18.8 Å². The Kier molecular flexibility index (Phi) is 7.41. The highest BCUT2D eigenvalue weighted by Crippen LogP contribution is 2.23. The molecule has 0 aliphatic carbocycles. The van der Waals surface area contributed by atoms with Crippen LogP contribution in [0, 0.1) is 5.92 Å². The van der Waals surface area contributed by atoms with Gasteiger partial charge in [0.15, 0.2) is 6.04 Å². The Balaban J connectivity index is 2.01. The van der Waals surface area contributed by atoms with Crippen LogP contribution < -0.4 is 0 Å². The zero-order valence-corrected chi connectivity index (χ0v) is 16.3. The molecule has 1 N–H and O–H groups in total. The zero-order valence-electron chi connectivity index (χ0n) is 15.5. The number of urea groups is 1. The lowest BCUT2D eigenvalue weighted by molar-refractivity contribution is -0.147. The minimum Gasteiger partial charge on any atom is -0.480 e. The van der Waals surface area contributed by atoms with Crippen LogP contribution in [-0.2, 0) is 9.59 Å². The van der Waals surface area contributed by atoms with E-state index >= 15 is 0 Å². The van der Waals surface area contributed by atoms with Gasteiger partial charge in [0.2, 0.25) is 11.0 Å². The van der Waals surface area contributed by atoms with Crippen molar-refractivity contribution in [2.45, 2.75) is 32.7 Å². The highest BCUT2D eigenvalue weighted by Gasteiger charge is 2.45. The normalized spacial score (nSPS) is 17.9. The van der Waals surface area contributed by atoms with Crippen LogP contribution in [0.2, 0.25) is 0 Å². The summed E-state index contributed by atoms with van der Waals surface area (Å²) in [4.78, 5) is 51.2. The van der Waals surface area contributed by atoms with Crippen molar-refractivity contribution < 1.29 is 24.3 Å². The summed E-state index contributed by atoms with van der Waals surface area (Å²) >= 11 is 0.992. The molecule has 3 amide bonds. The molecule has 0 unspecified atom stereocenters. The van der Waals surface area contributed by atoms with Gasteiger partial charge < -0.3 is 10.0 Å². The van der Waals surface area contributed by atoms with E-state index in [-0.39, 0.29) is 17.4 Å². The fourth-order valence-corrected chi connectivity index (χ4v) is 3.64. The van der Waals surface area contributed by atoms with Crippen LogP contribution in [0.25, 0.3) is 0 Å². The largest absolute Gasteiger partial charge is 0.480 e. The number of aliphatic carboxylic acids is 1. The van der Waals surface area contributed by atoms with Gasteiger partial charge in [0.05, 0.1) is 6.54 Å². The van der Waals surface area contributed by atoms with Crippen molar-refractivity contribution in [3.63, 3.8) is 0 Å². The van der Waals surface area contributed by atoms with Crippen LogP contribution in [0.3, 0.4) is 0 Å². The van der Waals surface area contributed by atoms with Crippen LogP contribution in [0.4, 0.5) is 4.79 Å². The Labute approximate surface area is 162 Å².